The maximum absolute atomic E-state index is 13.1. The lowest BCUT2D eigenvalue weighted by Gasteiger charge is -2.37. The maximum atomic E-state index is 13.1. The number of para-hydroxylation sites is 1. The number of carbonyl (C=O) groups excluding carboxylic acids is 1. The highest BCUT2D eigenvalue weighted by Crippen LogP contribution is 2.25. The molecule has 1 aromatic carbocycles. The van der Waals surface area contributed by atoms with Crippen LogP contribution < -0.4 is 10.5 Å². The SMILES string of the molecule is COc1ccccc1CN(C(=O)Cc1nnc(N)s1)C1CCN(C)CC1. The summed E-state index contributed by atoms with van der Waals surface area (Å²) >= 11 is 1.27. The Morgan fingerprint density at radius 2 is 2.08 bits per heavy atom. The number of nitrogens with two attached hydrogens (primary N) is 1. The topological polar surface area (TPSA) is 84.6 Å². The fourth-order valence-electron chi connectivity index (χ4n) is 3.31. The van der Waals surface area contributed by atoms with Crippen molar-refractivity contribution in [2.24, 2.45) is 0 Å². The second-order valence-electron chi connectivity index (χ2n) is 6.58. The van der Waals surface area contributed by atoms with Crippen molar-refractivity contribution >= 4 is 22.4 Å². The van der Waals surface area contributed by atoms with Gasteiger partial charge in [-0.15, -0.1) is 10.2 Å². The Balaban J connectivity index is 1.79. The van der Waals surface area contributed by atoms with Crippen LogP contribution >= 0.6 is 11.3 Å². The summed E-state index contributed by atoms with van der Waals surface area (Å²) in [5.41, 5.74) is 6.66. The molecule has 2 heterocycles. The average molecular weight is 375 g/mol. The van der Waals surface area contributed by atoms with Gasteiger partial charge in [-0.25, -0.2) is 0 Å². The number of piperidine rings is 1. The van der Waals surface area contributed by atoms with Gasteiger partial charge in [-0.1, -0.05) is 29.5 Å². The molecule has 1 saturated heterocycles. The van der Waals surface area contributed by atoms with E-state index in [0.29, 0.717) is 16.7 Å². The summed E-state index contributed by atoms with van der Waals surface area (Å²) in [5.74, 6) is 0.861. The summed E-state index contributed by atoms with van der Waals surface area (Å²) < 4.78 is 5.47. The van der Waals surface area contributed by atoms with Gasteiger partial charge in [0.1, 0.15) is 10.8 Å². The number of ether oxygens (including phenoxy) is 1. The molecule has 140 valence electrons. The normalized spacial score (nSPS) is 15.8. The summed E-state index contributed by atoms with van der Waals surface area (Å²) in [6.07, 6.45) is 2.17. The highest BCUT2D eigenvalue weighted by molar-refractivity contribution is 7.15. The van der Waals surface area contributed by atoms with Gasteiger partial charge < -0.3 is 20.3 Å². The molecule has 1 aromatic heterocycles. The summed E-state index contributed by atoms with van der Waals surface area (Å²) in [6, 6.07) is 8.07. The molecule has 2 aromatic rings. The molecule has 0 saturated carbocycles. The predicted molar refractivity (Wildman–Crippen MR) is 102 cm³/mol. The number of methoxy groups -OCH3 is 1. The van der Waals surface area contributed by atoms with Crippen LogP contribution in [0.1, 0.15) is 23.4 Å². The van der Waals surface area contributed by atoms with Gasteiger partial charge in [-0.2, -0.15) is 0 Å². The number of anilines is 1. The number of hydrogen-bond acceptors (Lipinski definition) is 7. The van der Waals surface area contributed by atoms with Crippen molar-refractivity contribution in [3.8, 4) is 5.75 Å². The first-order chi connectivity index (χ1) is 12.6. The minimum atomic E-state index is 0.0570. The van der Waals surface area contributed by atoms with Gasteiger partial charge in [0.25, 0.3) is 0 Å². The van der Waals surface area contributed by atoms with Crippen molar-refractivity contribution in [1.29, 1.82) is 0 Å². The zero-order valence-electron chi connectivity index (χ0n) is 15.2. The van der Waals surface area contributed by atoms with Crippen LogP contribution in [-0.4, -0.2) is 59.2 Å². The molecule has 0 atom stereocenters. The number of nitrogen functional groups attached to an aromatic ring is 1. The Morgan fingerprint density at radius 1 is 1.35 bits per heavy atom. The van der Waals surface area contributed by atoms with Gasteiger partial charge in [0, 0.05) is 18.2 Å². The van der Waals surface area contributed by atoms with E-state index in [9.17, 15) is 4.79 Å². The van der Waals surface area contributed by atoms with Crippen LogP contribution in [0.2, 0.25) is 0 Å². The van der Waals surface area contributed by atoms with Crippen molar-refractivity contribution in [3.63, 3.8) is 0 Å². The first-order valence-corrected chi connectivity index (χ1v) is 9.56. The van der Waals surface area contributed by atoms with Crippen LogP contribution in [0.15, 0.2) is 24.3 Å². The molecule has 7 nitrogen and oxygen atoms in total. The molecule has 8 heteroatoms. The van der Waals surface area contributed by atoms with Crippen molar-refractivity contribution in [3.05, 3.63) is 34.8 Å². The van der Waals surface area contributed by atoms with E-state index in [1.807, 2.05) is 29.2 Å². The number of hydrogen-bond donors (Lipinski definition) is 1. The van der Waals surface area contributed by atoms with Crippen molar-refractivity contribution in [1.82, 2.24) is 20.0 Å². The third kappa shape index (κ3) is 4.50. The minimum absolute atomic E-state index is 0.0570. The van der Waals surface area contributed by atoms with Crippen LogP contribution in [-0.2, 0) is 17.8 Å². The van der Waals surface area contributed by atoms with Gasteiger partial charge in [-0.05, 0) is 39.0 Å². The first kappa shape index (κ1) is 18.6. The van der Waals surface area contributed by atoms with Crippen molar-refractivity contribution < 1.29 is 9.53 Å². The summed E-state index contributed by atoms with van der Waals surface area (Å²) in [7, 11) is 3.77. The van der Waals surface area contributed by atoms with E-state index < -0.39 is 0 Å². The molecule has 0 radical (unpaired) electrons. The van der Waals surface area contributed by atoms with Crippen LogP contribution in [0.3, 0.4) is 0 Å². The van der Waals surface area contributed by atoms with Crippen molar-refractivity contribution in [2.75, 3.05) is 33.0 Å². The molecular weight excluding hydrogens is 350 g/mol. The number of likely N-dealkylation sites (tertiary alicyclic amines) is 1. The number of benzene rings is 1. The zero-order chi connectivity index (χ0) is 18.5. The summed E-state index contributed by atoms with van der Waals surface area (Å²) in [6.45, 7) is 2.52. The van der Waals surface area contributed by atoms with E-state index >= 15 is 0 Å². The Hall–Kier alpha value is -2.19. The molecule has 1 fully saturated rings. The summed E-state index contributed by atoms with van der Waals surface area (Å²) in [5, 5.41) is 8.86. The minimum Gasteiger partial charge on any atom is -0.496 e. The third-order valence-electron chi connectivity index (χ3n) is 4.77. The fourth-order valence-corrected chi connectivity index (χ4v) is 3.91. The van der Waals surface area contributed by atoms with Crippen molar-refractivity contribution in [2.45, 2.75) is 31.8 Å². The molecule has 1 amide bonds. The zero-order valence-corrected chi connectivity index (χ0v) is 16.0. The van der Waals surface area contributed by atoms with Crippen LogP contribution in [0.5, 0.6) is 5.75 Å². The quantitative estimate of drug-likeness (QED) is 0.829. The van der Waals surface area contributed by atoms with Gasteiger partial charge >= 0.3 is 0 Å². The standard InChI is InChI=1S/C18H25N5O2S/c1-22-9-7-14(8-10-22)23(12-13-5-3-4-6-15(13)25-2)17(24)11-16-20-21-18(19)26-16/h3-6,14H,7-12H2,1-2H3,(H2,19,21). The number of rotatable bonds is 6. The molecule has 0 bridgehead atoms. The van der Waals surface area contributed by atoms with Crippen LogP contribution in [0.25, 0.3) is 0 Å². The Bertz CT molecular complexity index is 743. The van der Waals surface area contributed by atoms with E-state index in [-0.39, 0.29) is 18.4 Å². The smallest absolute Gasteiger partial charge is 0.230 e. The molecule has 0 spiro atoms. The third-order valence-corrected chi connectivity index (χ3v) is 5.52. The largest absolute Gasteiger partial charge is 0.496 e. The lowest BCUT2D eigenvalue weighted by atomic mass is 10.0. The molecule has 2 N–H and O–H groups in total. The number of amides is 1. The first-order valence-electron chi connectivity index (χ1n) is 8.74. The van der Waals surface area contributed by atoms with Gasteiger partial charge in [-0.3, -0.25) is 4.79 Å². The van der Waals surface area contributed by atoms with Gasteiger partial charge in [0.15, 0.2) is 0 Å². The molecule has 0 unspecified atom stereocenters. The Labute approximate surface area is 157 Å². The maximum Gasteiger partial charge on any atom is 0.230 e. The molecular formula is C18H25N5O2S. The number of nitrogens with zero attached hydrogens (tertiary/aromatic N) is 4. The molecule has 26 heavy (non-hydrogen) atoms. The fraction of sp³-hybridized carbons (Fsp3) is 0.500. The van der Waals surface area contributed by atoms with Gasteiger partial charge in [0.05, 0.1) is 13.5 Å². The second-order valence-corrected chi connectivity index (χ2v) is 7.67. The second kappa shape index (κ2) is 8.46. The molecule has 1 aliphatic heterocycles. The van der Waals surface area contributed by atoms with E-state index in [2.05, 4.69) is 22.1 Å². The van der Waals surface area contributed by atoms with E-state index in [0.717, 1.165) is 37.2 Å². The Kier molecular flexibility index (Phi) is 6.05. The lowest BCUT2D eigenvalue weighted by molar-refractivity contribution is -0.134. The van der Waals surface area contributed by atoms with E-state index in [1.54, 1.807) is 7.11 Å². The van der Waals surface area contributed by atoms with Crippen LogP contribution in [0.4, 0.5) is 5.13 Å². The molecule has 3 rings (SSSR count). The highest BCUT2D eigenvalue weighted by Gasteiger charge is 2.28. The number of aromatic nitrogens is 2. The lowest BCUT2D eigenvalue weighted by Crippen LogP contribution is -2.46. The van der Waals surface area contributed by atoms with Crippen LogP contribution in [0, 0.1) is 0 Å². The van der Waals surface area contributed by atoms with E-state index in [4.69, 9.17) is 10.5 Å². The number of carbonyl (C=O) groups is 1. The summed E-state index contributed by atoms with van der Waals surface area (Å²) in [4.78, 5) is 17.4. The monoisotopic (exact) mass is 375 g/mol. The molecule has 0 aliphatic carbocycles. The Morgan fingerprint density at radius 3 is 2.73 bits per heavy atom. The highest BCUT2D eigenvalue weighted by atomic mass is 32.1. The predicted octanol–water partition coefficient (Wildman–Crippen LogP) is 1.79. The van der Waals surface area contributed by atoms with Gasteiger partial charge in [0.2, 0.25) is 11.0 Å². The van der Waals surface area contributed by atoms with E-state index in [1.165, 1.54) is 11.3 Å². The molecule has 1 aliphatic rings. The average Bonchev–Trinajstić information content (AvgIpc) is 3.05.